The molecule has 0 spiro atoms. The van der Waals surface area contributed by atoms with E-state index in [4.69, 9.17) is 0 Å². The largest absolute Gasteiger partial charge is 0.316 e. The maximum absolute atomic E-state index is 3.20. The molecule has 2 aromatic rings. The number of benzene rings is 2. The standard InChI is InChI=1S/C19H25N/c1-4-5-6-16-7-10-18(11-8-16)19-12-9-17(14-20-3)13-15(19)2/h7-13,20H,4-6,14H2,1-3H3. The summed E-state index contributed by atoms with van der Waals surface area (Å²) in [4.78, 5) is 0. The second-order valence-corrected chi connectivity index (χ2v) is 5.48. The summed E-state index contributed by atoms with van der Waals surface area (Å²) in [5, 5.41) is 3.20. The van der Waals surface area contributed by atoms with Crippen molar-refractivity contribution in [2.45, 2.75) is 39.7 Å². The normalized spacial score (nSPS) is 10.8. The predicted octanol–water partition coefficient (Wildman–Crippen LogP) is 4.72. The lowest BCUT2D eigenvalue weighted by molar-refractivity contribution is 0.795. The third kappa shape index (κ3) is 3.71. The zero-order valence-corrected chi connectivity index (χ0v) is 12.9. The lowest BCUT2D eigenvalue weighted by Crippen LogP contribution is -2.05. The molecule has 0 atom stereocenters. The van der Waals surface area contributed by atoms with Gasteiger partial charge in [-0.3, -0.25) is 0 Å². The molecule has 0 heterocycles. The summed E-state index contributed by atoms with van der Waals surface area (Å²) in [7, 11) is 1.98. The first-order valence-corrected chi connectivity index (χ1v) is 7.58. The Kier molecular flexibility index (Phi) is 5.37. The highest BCUT2D eigenvalue weighted by atomic mass is 14.8. The summed E-state index contributed by atoms with van der Waals surface area (Å²) in [5.41, 5.74) is 6.79. The molecule has 0 saturated carbocycles. The highest BCUT2D eigenvalue weighted by Crippen LogP contribution is 2.25. The Morgan fingerprint density at radius 3 is 2.25 bits per heavy atom. The van der Waals surface area contributed by atoms with Crippen LogP contribution in [-0.4, -0.2) is 7.05 Å². The molecular weight excluding hydrogens is 242 g/mol. The Morgan fingerprint density at radius 2 is 1.65 bits per heavy atom. The Hall–Kier alpha value is -1.60. The van der Waals surface area contributed by atoms with Gasteiger partial charge in [0.25, 0.3) is 0 Å². The molecule has 0 aliphatic rings. The molecule has 0 bridgehead atoms. The molecule has 0 unspecified atom stereocenters. The molecule has 0 fully saturated rings. The van der Waals surface area contributed by atoms with E-state index in [9.17, 15) is 0 Å². The van der Waals surface area contributed by atoms with E-state index >= 15 is 0 Å². The van der Waals surface area contributed by atoms with E-state index in [1.807, 2.05) is 7.05 Å². The van der Waals surface area contributed by atoms with Gasteiger partial charge >= 0.3 is 0 Å². The summed E-state index contributed by atoms with van der Waals surface area (Å²) in [6, 6.07) is 15.8. The Balaban J connectivity index is 2.18. The Labute approximate surface area is 123 Å². The maximum atomic E-state index is 3.20. The summed E-state index contributed by atoms with van der Waals surface area (Å²) < 4.78 is 0. The smallest absolute Gasteiger partial charge is 0.0202 e. The zero-order valence-electron chi connectivity index (χ0n) is 12.9. The summed E-state index contributed by atoms with van der Waals surface area (Å²) in [6.45, 7) is 5.36. The first-order chi connectivity index (χ1) is 9.74. The van der Waals surface area contributed by atoms with Crippen LogP contribution in [0.25, 0.3) is 11.1 Å². The van der Waals surface area contributed by atoms with Crippen molar-refractivity contribution in [3.8, 4) is 11.1 Å². The molecule has 1 heteroatoms. The minimum Gasteiger partial charge on any atom is -0.316 e. The Bertz CT molecular complexity index is 540. The van der Waals surface area contributed by atoms with Crippen LogP contribution >= 0.6 is 0 Å². The average molecular weight is 267 g/mol. The van der Waals surface area contributed by atoms with Crippen molar-refractivity contribution in [2.24, 2.45) is 0 Å². The number of aryl methyl sites for hydroxylation is 2. The van der Waals surface area contributed by atoms with Gasteiger partial charge in [0.2, 0.25) is 0 Å². The molecule has 1 nitrogen and oxygen atoms in total. The number of hydrogen-bond donors (Lipinski definition) is 1. The van der Waals surface area contributed by atoms with Crippen LogP contribution in [0.3, 0.4) is 0 Å². The van der Waals surface area contributed by atoms with E-state index in [-0.39, 0.29) is 0 Å². The van der Waals surface area contributed by atoms with E-state index in [2.05, 4.69) is 61.6 Å². The van der Waals surface area contributed by atoms with Gasteiger partial charge in [-0.15, -0.1) is 0 Å². The number of nitrogens with one attached hydrogen (secondary N) is 1. The van der Waals surface area contributed by atoms with Crippen molar-refractivity contribution in [3.05, 3.63) is 59.2 Å². The highest BCUT2D eigenvalue weighted by Gasteiger charge is 2.03. The van der Waals surface area contributed by atoms with Gasteiger partial charge < -0.3 is 5.32 Å². The molecule has 0 amide bonds. The van der Waals surface area contributed by atoms with E-state index in [1.165, 1.54) is 47.1 Å². The zero-order chi connectivity index (χ0) is 14.4. The summed E-state index contributed by atoms with van der Waals surface area (Å²) in [6.07, 6.45) is 3.72. The van der Waals surface area contributed by atoms with E-state index in [0.717, 1.165) is 6.54 Å². The quantitative estimate of drug-likeness (QED) is 0.798. The van der Waals surface area contributed by atoms with Crippen molar-refractivity contribution in [3.63, 3.8) is 0 Å². The first kappa shape index (κ1) is 14.8. The third-order valence-electron chi connectivity index (χ3n) is 3.76. The second-order valence-electron chi connectivity index (χ2n) is 5.48. The molecular formula is C19H25N. The first-order valence-electron chi connectivity index (χ1n) is 7.58. The monoisotopic (exact) mass is 267 g/mol. The summed E-state index contributed by atoms with van der Waals surface area (Å²) in [5.74, 6) is 0. The van der Waals surface area contributed by atoms with Crippen molar-refractivity contribution in [1.82, 2.24) is 5.32 Å². The minimum absolute atomic E-state index is 0.928. The lowest BCUT2D eigenvalue weighted by atomic mass is 9.97. The van der Waals surface area contributed by atoms with E-state index < -0.39 is 0 Å². The molecule has 0 aliphatic carbocycles. The highest BCUT2D eigenvalue weighted by molar-refractivity contribution is 5.67. The van der Waals surface area contributed by atoms with Crippen molar-refractivity contribution >= 4 is 0 Å². The average Bonchev–Trinajstić information content (AvgIpc) is 2.46. The lowest BCUT2D eigenvalue weighted by Gasteiger charge is -2.10. The van der Waals surface area contributed by atoms with Gasteiger partial charge in [0, 0.05) is 6.54 Å². The molecule has 0 aliphatic heterocycles. The Morgan fingerprint density at radius 1 is 0.950 bits per heavy atom. The molecule has 1 N–H and O–H groups in total. The third-order valence-corrected chi connectivity index (χ3v) is 3.76. The molecule has 106 valence electrons. The SMILES string of the molecule is CCCCc1ccc(-c2ccc(CNC)cc2C)cc1. The molecule has 0 radical (unpaired) electrons. The van der Waals surface area contributed by atoms with E-state index in [0.29, 0.717) is 0 Å². The predicted molar refractivity (Wildman–Crippen MR) is 88.0 cm³/mol. The topological polar surface area (TPSA) is 12.0 Å². The van der Waals surface area contributed by atoms with Gasteiger partial charge in [0.15, 0.2) is 0 Å². The van der Waals surface area contributed by atoms with Crippen LogP contribution < -0.4 is 5.32 Å². The van der Waals surface area contributed by atoms with Crippen LogP contribution in [0, 0.1) is 6.92 Å². The maximum Gasteiger partial charge on any atom is 0.0202 e. The van der Waals surface area contributed by atoms with Crippen molar-refractivity contribution in [1.29, 1.82) is 0 Å². The van der Waals surface area contributed by atoms with Gasteiger partial charge in [-0.1, -0.05) is 55.8 Å². The molecule has 0 saturated heterocycles. The molecule has 20 heavy (non-hydrogen) atoms. The van der Waals surface area contributed by atoms with Crippen LogP contribution in [0.4, 0.5) is 0 Å². The molecule has 0 aromatic heterocycles. The fraction of sp³-hybridized carbons (Fsp3) is 0.368. The molecule has 2 aromatic carbocycles. The molecule has 2 rings (SSSR count). The minimum atomic E-state index is 0.928. The second kappa shape index (κ2) is 7.25. The number of rotatable bonds is 6. The number of unbranched alkanes of at least 4 members (excludes halogenated alkanes) is 1. The van der Waals surface area contributed by atoms with Gasteiger partial charge in [0.05, 0.1) is 0 Å². The van der Waals surface area contributed by atoms with Crippen LogP contribution in [-0.2, 0) is 13.0 Å². The van der Waals surface area contributed by atoms with Gasteiger partial charge in [-0.2, -0.15) is 0 Å². The van der Waals surface area contributed by atoms with Crippen LogP contribution in [0.15, 0.2) is 42.5 Å². The van der Waals surface area contributed by atoms with Crippen molar-refractivity contribution < 1.29 is 0 Å². The fourth-order valence-corrected chi connectivity index (χ4v) is 2.60. The number of hydrogen-bond acceptors (Lipinski definition) is 1. The van der Waals surface area contributed by atoms with Gasteiger partial charge in [-0.25, -0.2) is 0 Å². The fourth-order valence-electron chi connectivity index (χ4n) is 2.60. The van der Waals surface area contributed by atoms with E-state index in [1.54, 1.807) is 0 Å². The van der Waals surface area contributed by atoms with Crippen LogP contribution in [0.2, 0.25) is 0 Å². The van der Waals surface area contributed by atoms with Gasteiger partial charge in [-0.05, 0) is 54.6 Å². The van der Waals surface area contributed by atoms with Crippen LogP contribution in [0.5, 0.6) is 0 Å². The van der Waals surface area contributed by atoms with Crippen LogP contribution in [0.1, 0.15) is 36.5 Å². The van der Waals surface area contributed by atoms with Gasteiger partial charge in [0.1, 0.15) is 0 Å². The summed E-state index contributed by atoms with van der Waals surface area (Å²) >= 11 is 0. The van der Waals surface area contributed by atoms with Crippen molar-refractivity contribution in [2.75, 3.05) is 7.05 Å².